The van der Waals surface area contributed by atoms with Gasteiger partial charge in [0.1, 0.15) is 0 Å². The van der Waals surface area contributed by atoms with Crippen LogP contribution in [0.3, 0.4) is 0 Å². The van der Waals surface area contributed by atoms with Crippen LogP contribution in [-0.2, 0) is 13.0 Å². The summed E-state index contributed by atoms with van der Waals surface area (Å²) in [7, 11) is 0. The molecule has 3 rings (SSSR count). The topological polar surface area (TPSA) is 30.7 Å². The third-order valence-corrected chi connectivity index (χ3v) is 4.53. The molecule has 0 radical (unpaired) electrons. The Hall–Kier alpha value is -0.860. The van der Waals surface area contributed by atoms with Crippen molar-refractivity contribution in [3.8, 4) is 0 Å². The fourth-order valence-corrected chi connectivity index (χ4v) is 2.86. The molecule has 0 aromatic carbocycles. The van der Waals surface area contributed by atoms with E-state index in [1.807, 2.05) is 4.68 Å². The molecule has 0 aliphatic heterocycles. The van der Waals surface area contributed by atoms with Gasteiger partial charge in [0, 0.05) is 12.7 Å². The molecule has 94 valence electrons. The summed E-state index contributed by atoms with van der Waals surface area (Å²) in [5, 5.41) is 8.52. The molecular formula is C14H23N3. The van der Waals surface area contributed by atoms with Crippen molar-refractivity contribution in [3.63, 3.8) is 0 Å². The van der Waals surface area contributed by atoms with Gasteiger partial charge in [-0.25, -0.2) is 0 Å². The van der Waals surface area contributed by atoms with Gasteiger partial charge in [0.25, 0.3) is 0 Å². The van der Waals surface area contributed by atoms with E-state index in [1.54, 1.807) is 0 Å². The van der Waals surface area contributed by atoms with E-state index >= 15 is 0 Å². The van der Waals surface area contributed by atoms with Crippen LogP contribution < -0.4 is 0 Å². The third-order valence-electron chi connectivity index (χ3n) is 4.53. The number of hydrogen-bond donors (Lipinski definition) is 0. The minimum absolute atomic E-state index is 0.898. The van der Waals surface area contributed by atoms with Crippen molar-refractivity contribution in [2.45, 2.75) is 64.3 Å². The smallest absolute Gasteiger partial charge is 0.0829 e. The number of aryl methyl sites for hydroxylation is 1. The molecule has 1 aromatic heterocycles. The van der Waals surface area contributed by atoms with E-state index in [2.05, 4.69) is 16.5 Å². The highest BCUT2D eigenvalue weighted by molar-refractivity contribution is 4.95. The molecule has 0 saturated heterocycles. The van der Waals surface area contributed by atoms with Gasteiger partial charge in [0.2, 0.25) is 0 Å². The maximum atomic E-state index is 4.28. The molecule has 17 heavy (non-hydrogen) atoms. The van der Waals surface area contributed by atoms with Crippen LogP contribution in [0.2, 0.25) is 0 Å². The van der Waals surface area contributed by atoms with E-state index < -0.39 is 0 Å². The van der Waals surface area contributed by atoms with Crippen molar-refractivity contribution < 1.29 is 0 Å². The van der Waals surface area contributed by atoms with Crippen molar-refractivity contribution >= 4 is 0 Å². The van der Waals surface area contributed by atoms with Gasteiger partial charge >= 0.3 is 0 Å². The minimum atomic E-state index is 0.898. The number of rotatable bonds is 6. The van der Waals surface area contributed by atoms with Crippen LogP contribution in [0.15, 0.2) is 6.20 Å². The predicted molar refractivity (Wildman–Crippen MR) is 67.6 cm³/mol. The summed E-state index contributed by atoms with van der Waals surface area (Å²) in [5.74, 6) is 1.92. The molecule has 0 spiro atoms. The zero-order chi connectivity index (χ0) is 11.5. The van der Waals surface area contributed by atoms with E-state index in [0.29, 0.717) is 0 Å². The second kappa shape index (κ2) is 5.19. The summed E-state index contributed by atoms with van der Waals surface area (Å²) in [4.78, 5) is 0. The molecule has 0 N–H and O–H groups in total. The van der Waals surface area contributed by atoms with Gasteiger partial charge in [-0.15, -0.1) is 5.10 Å². The molecule has 0 amide bonds. The van der Waals surface area contributed by atoms with E-state index in [4.69, 9.17) is 0 Å². The van der Waals surface area contributed by atoms with Crippen molar-refractivity contribution in [3.05, 3.63) is 11.9 Å². The summed E-state index contributed by atoms with van der Waals surface area (Å²) >= 11 is 0. The highest BCUT2D eigenvalue weighted by Crippen LogP contribution is 2.30. The third kappa shape index (κ3) is 2.88. The quantitative estimate of drug-likeness (QED) is 0.755. The first-order valence-electron chi connectivity index (χ1n) is 7.29. The van der Waals surface area contributed by atoms with Crippen LogP contribution in [0.4, 0.5) is 0 Å². The molecule has 3 heteroatoms. The summed E-state index contributed by atoms with van der Waals surface area (Å²) in [6.45, 7) is 1.06. The van der Waals surface area contributed by atoms with E-state index in [9.17, 15) is 0 Å². The molecule has 0 unspecified atom stereocenters. The maximum Gasteiger partial charge on any atom is 0.0829 e. The first kappa shape index (κ1) is 11.2. The Balaban J connectivity index is 1.39. The van der Waals surface area contributed by atoms with Crippen molar-refractivity contribution in [2.24, 2.45) is 11.8 Å². The van der Waals surface area contributed by atoms with Gasteiger partial charge in [-0.05, 0) is 31.1 Å². The predicted octanol–water partition coefficient (Wildman–Crippen LogP) is 3.20. The van der Waals surface area contributed by atoms with Gasteiger partial charge in [0.05, 0.1) is 5.69 Å². The first-order valence-corrected chi connectivity index (χ1v) is 7.29. The zero-order valence-corrected chi connectivity index (χ0v) is 10.6. The second-order valence-electron chi connectivity index (χ2n) is 5.91. The number of nitrogens with zero attached hydrogens (tertiary/aromatic N) is 3. The Morgan fingerprint density at radius 2 is 1.88 bits per heavy atom. The van der Waals surface area contributed by atoms with Crippen LogP contribution in [0.25, 0.3) is 0 Å². The minimum Gasteiger partial charge on any atom is -0.252 e. The standard InChI is InChI=1S/C14H23N3/c1-4-12(5-1)8-3-9-17-11-14(15-16-17)10-13-6-2-7-13/h11-13H,1-10H2. The van der Waals surface area contributed by atoms with E-state index in [-0.39, 0.29) is 0 Å². The molecule has 2 saturated carbocycles. The van der Waals surface area contributed by atoms with Gasteiger partial charge in [-0.1, -0.05) is 43.7 Å². The Kier molecular flexibility index (Phi) is 3.44. The largest absolute Gasteiger partial charge is 0.252 e. The average molecular weight is 233 g/mol. The molecule has 3 nitrogen and oxygen atoms in total. The van der Waals surface area contributed by atoms with Gasteiger partial charge in [-0.3, -0.25) is 4.68 Å². The lowest BCUT2D eigenvalue weighted by molar-refractivity contribution is 0.282. The average Bonchev–Trinajstić information content (AvgIpc) is 2.64. The lowest BCUT2D eigenvalue weighted by Crippen LogP contribution is -2.13. The van der Waals surface area contributed by atoms with Crippen LogP contribution in [-0.4, -0.2) is 15.0 Å². The lowest BCUT2D eigenvalue weighted by Gasteiger charge is -2.24. The van der Waals surface area contributed by atoms with Crippen LogP contribution in [0, 0.1) is 11.8 Å². The van der Waals surface area contributed by atoms with E-state index in [1.165, 1.54) is 57.1 Å². The zero-order valence-electron chi connectivity index (χ0n) is 10.6. The highest BCUT2D eigenvalue weighted by atomic mass is 15.4. The van der Waals surface area contributed by atoms with Crippen molar-refractivity contribution in [1.82, 2.24) is 15.0 Å². The summed E-state index contributed by atoms with van der Waals surface area (Å²) in [6, 6.07) is 0. The Morgan fingerprint density at radius 1 is 1.12 bits per heavy atom. The molecule has 0 atom stereocenters. The maximum absolute atomic E-state index is 4.28. The molecule has 2 aliphatic carbocycles. The van der Waals surface area contributed by atoms with Gasteiger partial charge in [0.15, 0.2) is 0 Å². The first-order chi connectivity index (χ1) is 8.40. The van der Waals surface area contributed by atoms with E-state index in [0.717, 1.165) is 24.8 Å². The van der Waals surface area contributed by atoms with Crippen molar-refractivity contribution in [2.75, 3.05) is 0 Å². The number of aromatic nitrogens is 3. The molecule has 2 aliphatic rings. The lowest BCUT2D eigenvalue weighted by atomic mass is 9.82. The van der Waals surface area contributed by atoms with Gasteiger partial charge in [-0.2, -0.15) is 0 Å². The van der Waals surface area contributed by atoms with Crippen molar-refractivity contribution in [1.29, 1.82) is 0 Å². The summed E-state index contributed by atoms with van der Waals surface area (Å²) < 4.78 is 2.05. The normalized spacial score (nSPS) is 21.2. The number of hydrogen-bond acceptors (Lipinski definition) is 2. The SMILES string of the molecule is c1c(CC2CCC2)nnn1CCCC1CCC1. The van der Waals surface area contributed by atoms with Crippen LogP contribution in [0.1, 0.15) is 57.1 Å². The molecule has 0 bridgehead atoms. The van der Waals surface area contributed by atoms with Crippen LogP contribution >= 0.6 is 0 Å². The highest BCUT2D eigenvalue weighted by Gasteiger charge is 2.19. The van der Waals surface area contributed by atoms with Gasteiger partial charge < -0.3 is 0 Å². The Bertz CT molecular complexity index is 350. The fraction of sp³-hybridized carbons (Fsp3) is 0.857. The Labute approximate surface area is 104 Å². The molecule has 1 heterocycles. The molecule has 2 fully saturated rings. The second-order valence-corrected chi connectivity index (χ2v) is 5.91. The fourth-order valence-electron chi connectivity index (χ4n) is 2.86. The molecular weight excluding hydrogens is 210 g/mol. The van der Waals surface area contributed by atoms with Crippen LogP contribution in [0.5, 0.6) is 0 Å². The monoisotopic (exact) mass is 233 g/mol. The summed E-state index contributed by atoms with van der Waals surface area (Å²) in [5.41, 5.74) is 1.21. The Morgan fingerprint density at radius 3 is 2.53 bits per heavy atom. The molecule has 1 aromatic rings. The summed E-state index contributed by atoms with van der Waals surface area (Å²) in [6.07, 6.45) is 14.6.